The zero-order chi connectivity index (χ0) is 20.8. The molecule has 1 fully saturated rings. The number of imidazole rings is 1. The molecule has 156 valence electrons. The first-order chi connectivity index (χ1) is 15.3. The number of hydrogen-bond acceptors (Lipinski definition) is 7. The van der Waals surface area contributed by atoms with Crippen molar-refractivity contribution in [2.75, 3.05) is 4.90 Å². The van der Waals surface area contributed by atoms with Crippen LogP contribution in [-0.2, 0) is 0 Å². The van der Waals surface area contributed by atoms with Gasteiger partial charge in [0.05, 0.1) is 17.9 Å². The molecule has 2 aliphatic rings. The molecular weight excluding hydrogens is 390 g/mol. The van der Waals surface area contributed by atoms with Crippen LogP contribution < -0.4 is 4.90 Å². The van der Waals surface area contributed by atoms with Gasteiger partial charge < -0.3 is 4.90 Å². The Morgan fingerprint density at radius 1 is 1.10 bits per heavy atom. The minimum Gasteiger partial charge on any atom is -0.341 e. The second-order valence-electron chi connectivity index (χ2n) is 8.12. The van der Waals surface area contributed by atoms with Gasteiger partial charge in [0.25, 0.3) is 0 Å². The second-order valence-corrected chi connectivity index (χ2v) is 8.12. The molecule has 1 aliphatic carbocycles. The Morgan fingerprint density at radius 3 is 2.81 bits per heavy atom. The van der Waals surface area contributed by atoms with E-state index in [1.54, 1.807) is 18.9 Å². The molecule has 1 saturated carbocycles. The third-order valence-corrected chi connectivity index (χ3v) is 6.32. The predicted molar refractivity (Wildman–Crippen MR) is 115 cm³/mol. The Kier molecular flexibility index (Phi) is 4.26. The van der Waals surface area contributed by atoms with Gasteiger partial charge in [-0.15, -0.1) is 10.2 Å². The summed E-state index contributed by atoms with van der Waals surface area (Å²) in [5, 5.41) is 8.63. The smallest absolute Gasteiger partial charge is 0.237 e. The van der Waals surface area contributed by atoms with E-state index in [-0.39, 0.29) is 6.04 Å². The minimum absolute atomic E-state index is 0.162. The van der Waals surface area contributed by atoms with Crippen LogP contribution in [0.2, 0.25) is 0 Å². The van der Waals surface area contributed by atoms with E-state index in [2.05, 4.69) is 37.0 Å². The van der Waals surface area contributed by atoms with Gasteiger partial charge in [-0.05, 0) is 31.4 Å². The molecule has 6 rings (SSSR count). The van der Waals surface area contributed by atoms with Crippen LogP contribution in [-0.4, -0.2) is 45.3 Å². The monoisotopic (exact) mass is 413 g/mol. The Hall–Kier alpha value is -3.62. The average Bonchev–Trinajstić information content (AvgIpc) is 3.60. The second kappa shape index (κ2) is 7.26. The molecule has 0 bridgehead atoms. The third-order valence-electron chi connectivity index (χ3n) is 6.32. The number of hydrogen-bond donors (Lipinski definition) is 0. The molecule has 1 atom stereocenters. The first-order valence-corrected chi connectivity index (χ1v) is 10.8. The van der Waals surface area contributed by atoms with Crippen molar-refractivity contribution >= 4 is 5.82 Å². The van der Waals surface area contributed by atoms with E-state index in [1.807, 2.05) is 39.9 Å². The highest BCUT2D eigenvalue weighted by Gasteiger charge is 2.38. The van der Waals surface area contributed by atoms with Crippen LogP contribution in [0.1, 0.15) is 50.9 Å². The number of fused-ring (bicyclic) bond motifs is 3. The van der Waals surface area contributed by atoms with Gasteiger partial charge in [-0.3, -0.25) is 14.1 Å². The highest BCUT2D eigenvalue weighted by Crippen LogP contribution is 2.42. The number of rotatable bonds is 4. The van der Waals surface area contributed by atoms with E-state index in [9.17, 15) is 0 Å². The minimum atomic E-state index is 0.162. The molecule has 1 unspecified atom stereocenters. The van der Waals surface area contributed by atoms with Crippen LogP contribution >= 0.6 is 0 Å². The Labute approximate surface area is 179 Å². The van der Waals surface area contributed by atoms with Crippen LogP contribution in [0.5, 0.6) is 0 Å². The molecule has 9 nitrogen and oxygen atoms in total. The Bertz CT molecular complexity index is 1210. The molecule has 0 amide bonds. The number of anilines is 1. The first kappa shape index (κ1) is 18.2. The number of aromatic nitrogens is 8. The zero-order valence-corrected chi connectivity index (χ0v) is 17.3. The molecule has 0 N–H and O–H groups in total. The summed E-state index contributed by atoms with van der Waals surface area (Å²) in [7, 11) is 0. The van der Waals surface area contributed by atoms with Crippen molar-refractivity contribution in [2.24, 2.45) is 0 Å². The Morgan fingerprint density at radius 2 is 2.00 bits per heavy atom. The van der Waals surface area contributed by atoms with Gasteiger partial charge in [-0.2, -0.15) is 4.98 Å². The largest absolute Gasteiger partial charge is 0.341 e. The normalized spacial score (nSPS) is 18.2. The number of nitrogens with zero attached hydrogens (tertiary/aromatic N) is 9. The van der Waals surface area contributed by atoms with E-state index >= 15 is 0 Å². The van der Waals surface area contributed by atoms with Gasteiger partial charge in [0, 0.05) is 30.2 Å². The lowest BCUT2D eigenvalue weighted by atomic mass is 10.0. The van der Waals surface area contributed by atoms with Crippen LogP contribution in [0.15, 0.2) is 49.6 Å². The van der Waals surface area contributed by atoms with Crippen molar-refractivity contribution in [1.29, 1.82) is 0 Å². The highest BCUT2D eigenvalue weighted by atomic mass is 15.4. The summed E-state index contributed by atoms with van der Waals surface area (Å²) < 4.78 is 3.91. The summed E-state index contributed by atoms with van der Waals surface area (Å²) in [6, 6.07) is 4.53. The van der Waals surface area contributed by atoms with Gasteiger partial charge in [0.2, 0.25) is 5.95 Å². The number of pyridine rings is 1. The van der Waals surface area contributed by atoms with Crippen molar-refractivity contribution in [3.63, 3.8) is 0 Å². The zero-order valence-electron chi connectivity index (χ0n) is 17.3. The van der Waals surface area contributed by atoms with Gasteiger partial charge in [0.1, 0.15) is 18.3 Å². The van der Waals surface area contributed by atoms with Crippen molar-refractivity contribution in [1.82, 2.24) is 39.3 Å². The van der Waals surface area contributed by atoms with Gasteiger partial charge >= 0.3 is 0 Å². The molecule has 1 aliphatic heterocycles. The molecular formula is C22H23N9. The summed E-state index contributed by atoms with van der Waals surface area (Å²) in [6.07, 6.45) is 16.7. The SMILES string of the molecule is CCC1c2nncn2-c2cnc(-n3cnc(-c4cccnc4)c3)nc2N1C1CCCC1. The van der Waals surface area contributed by atoms with Crippen LogP contribution in [0.3, 0.4) is 0 Å². The molecule has 4 aromatic heterocycles. The fourth-order valence-corrected chi connectivity index (χ4v) is 4.86. The maximum atomic E-state index is 5.04. The molecule has 5 heterocycles. The van der Waals surface area contributed by atoms with E-state index < -0.39 is 0 Å². The standard InChI is InChI=1S/C22H23N9/c1-2-18-21-28-26-14-30(21)19-11-24-22(27-20(19)31(18)16-7-3-4-8-16)29-12-17(25-13-29)15-6-5-9-23-10-15/h5-6,9-14,16,18H,2-4,7-8H2,1H3. The fourth-order valence-electron chi connectivity index (χ4n) is 4.86. The molecule has 9 heteroatoms. The van der Waals surface area contributed by atoms with E-state index in [4.69, 9.17) is 4.98 Å². The van der Waals surface area contributed by atoms with Crippen molar-refractivity contribution in [2.45, 2.75) is 51.1 Å². The van der Waals surface area contributed by atoms with Crippen LogP contribution in [0.25, 0.3) is 22.9 Å². The molecule has 0 aromatic carbocycles. The summed E-state index contributed by atoms with van der Waals surface area (Å²) in [4.78, 5) is 20.9. The topological polar surface area (TPSA) is 90.4 Å². The maximum Gasteiger partial charge on any atom is 0.237 e. The summed E-state index contributed by atoms with van der Waals surface area (Å²) in [5.74, 6) is 2.53. The van der Waals surface area contributed by atoms with Gasteiger partial charge in [-0.1, -0.05) is 19.8 Å². The lowest BCUT2D eigenvalue weighted by Gasteiger charge is -2.40. The van der Waals surface area contributed by atoms with Gasteiger partial charge in [0.15, 0.2) is 11.6 Å². The van der Waals surface area contributed by atoms with Crippen molar-refractivity contribution in [3.05, 3.63) is 55.4 Å². The van der Waals surface area contributed by atoms with Crippen molar-refractivity contribution in [3.8, 4) is 22.9 Å². The van der Waals surface area contributed by atoms with E-state index in [0.717, 1.165) is 35.0 Å². The average molecular weight is 413 g/mol. The Balaban J connectivity index is 1.46. The lowest BCUT2D eigenvalue weighted by molar-refractivity contribution is 0.468. The lowest BCUT2D eigenvalue weighted by Crippen LogP contribution is -2.42. The highest BCUT2D eigenvalue weighted by molar-refractivity contribution is 5.63. The molecule has 31 heavy (non-hydrogen) atoms. The molecule has 0 radical (unpaired) electrons. The summed E-state index contributed by atoms with van der Waals surface area (Å²) in [5.41, 5.74) is 2.74. The van der Waals surface area contributed by atoms with Crippen LogP contribution in [0.4, 0.5) is 5.82 Å². The summed E-state index contributed by atoms with van der Waals surface area (Å²) in [6.45, 7) is 2.20. The third kappa shape index (κ3) is 2.91. The molecule has 0 saturated heterocycles. The molecule has 0 spiro atoms. The first-order valence-electron chi connectivity index (χ1n) is 10.8. The van der Waals surface area contributed by atoms with Crippen LogP contribution in [0, 0.1) is 0 Å². The van der Waals surface area contributed by atoms with Crippen molar-refractivity contribution < 1.29 is 0 Å². The summed E-state index contributed by atoms with van der Waals surface area (Å²) >= 11 is 0. The van der Waals surface area contributed by atoms with Gasteiger partial charge in [-0.25, -0.2) is 9.97 Å². The fraction of sp³-hybridized carbons (Fsp3) is 0.364. The maximum absolute atomic E-state index is 5.04. The van der Waals surface area contributed by atoms with E-state index in [0.29, 0.717) is 12.0 Å². The quantitative estimate of drug-likeness (QED) is 0.505. The molecule has 4 aromatic rings. The van der Waals surface area contributed by atoms with E-state index in [1.165, 1.54) is 25.7 Å². The predicted octanol–water partition coefficient (Wildman–Crippen LogP) is 3.52.